The molecule has 0 unspecified atom stereocenters. The molecular weight excluding hydrogens is 422 g/mol. The normalized spacial score (nSPS) is 11.1. The lowest BCUT2D eigenvalue weighted by atomic mass is 10.2. The number of esters is 1. The van der Waals surface area contributed by atoms with Crippen LogP contribution in [0.5, 0.6) is 0 Å². The summed E-state index contributed by atoms with van der Waals surface area (Å²) in [6, 6.07) is 12.0. The maximum absolute atomic E-state index is 12.3. The Morgan fingerprint density at radius 3 is 2.93 bits per heavy atom. The lowest BCUT2D eigenvalue weighted by Crippen LogP contribution is -2.12. The quantitative estimate of drug-likeness (QED) is 0.330. The summed E-state index contributed by atoms with van der Waals surface area (Å²) in [5.41, 5.74) is 2.39. The Balaban J connectivity index is 1.34. The smallest absolute Gasteiger partial charge is 0.311 e. The van der Waals surface area contributed by atoms with Crippen molar-refractivity contribution in [1.29, 1.82) is 0 Å². The van der Waals surface area contributed by atoms with Crippen LogP contribution in [-0.4, -0.2) is 43.8 Å². The van der Waals surface area contributed by atoms with Crippen LogP contribution in [0.25, 0.3) is 16.6 Å². The van der Waals surface area contributed by atoms with Gasteiger partial charge in [-0.05, 0) is 30.5 Å². The highest BCUT2D eigenvalue weighted by atomic mass is 32.2. The number of hydrogen-bond acceptors (Lipinski definition) is 8. The number of nitrogens with zero attached hydrogens (tertiary/aromatic N) is 4. The van der Waals surface area contributed by atoms with E-state index >= 15 is 0 Å². The van der Waals surface area contributed by atoms with Gasteiger partial charge < -0.3 is 10.1 Å². The molecule has 3 heterocycles. The topological polar surface area (TPSA) is 98.5 Å². The number of ether oxygens (including phenoxy) is 1. The van der Waals surface area contributed by atoms with Crippen LogP contribution in [0.1, 0.15) is 19.0 Å². The molecule has 0 aliphatic heterocycles. The monoisotopic (exact) mass is 441 g/mol. The van der Waals surface area contributed by atoms with E-state index in [1.54, 1.807) is 12.3 Å². The number of para-hydroxylation sites is 1. The first-order chi connectivity index (χ1) is 14.6. The van der Waals surface area contributed by atoms with E-state index in [0.717, 1.165) is 21.7 Å². The van der Waals surface area contributed by atoms with E-state index in [4.69, 9.17) is 4.74 Å². The summed E-state index contributed by atoms with van der Waals surface area (Å²) in [4.78, 5) is 28.0. The second kappa shape index (κ2) is 9.23. The predicted molar refractivity (Wildman–Crippen MR) is 117 cm³/mol. The molecule has 4 aromatic rings. The van der Waals surface area contributed by atoms with Crippen molar-refractivity contribution in [2.45, 2.75) is 24.9 Å². The molecular formula is C20H19N5O3S2. The molecule has 0 saturated heterocycles. The second-order valence-electron chi connectivity index (χ2n) is 6.34. The van der Waals surface area contributed by atoms with Crippen molar-refractivity contribution in [2.24, 2.45) is 0 Å². The fourth-order valence-electron chi connectivity index (χ4n) is 2.93. The number of anilines is 1. The summed E-state index contributed by atoms with van der Waals surface area (Å²) in [6.45, 7) is 2.09. The van der Waals surface area contributed by atoms with Crippen LogP contribution in [0, 0.1) is 0 Å². The van der Waals surface area contributed by atoms with Gasteiger partial charge in [-0.15, -0.1) is 21.5 Å². The van der Waals surface area contributed by atoms with Gasteiger partial charge in [0.2, 0.25) is 5.91 Å². The summed E-state index contributed by atoms with van der Waals surface area (Å²) in [5.74, 6) is 0.0834. The third-order valence-electron chi connectivity index (χ3n) is 4.24. The van der Waals surface area contributed by atoms with Crippen LogP contribution in [0.4, 0.5) is 5.13 Å². The van der Waals surface area contributed by atoms with Gasteiger partial charge in [-0.2, -0.15) is 0 Å². The van der Waals surface area contributed by atoms with E-state index in [0.29, 0.717) is 29.6 Å². The van der Waals surface area contributed by atoms with E-state index < -0.39 is 0 Å². The number of benzene rings is 1. The maximum atomic E-state index is 12.3. The van der Waals surface area contributed by atoms with Crippen LogP contribution >= 0.6 is 23.1 Å². The number of thiazole rings is 1. The number of carbonyl (C=O) groups is 2. The molecule has 0 aliphatic rings. The van der Waals surface area contributed by atoms with Crippen LogP contribution < -0.4 is 5.32 Å². The molecule has 0 atom stereocenters. The number of thioether (sulfide) groups is 1. The largest absolute Gasteiger partial charge is 0.466 e. The number of pyridine rings is 1. The van der Waals surface area contributed by atoms with Crippen molar-refractivity contribution in [3.8, 4) is 0 Å². The average Bonchev–Trinajstić information content (AvgIpc) is 3.35. The standard InChI is InChI=1S/C20H19N5O3S2/c1-2-28-18(27)11-14-12-30-19(21-14)22-17(26)9-10-29-20-24-23-16-8-7-13-5-3-4-6-15(13)25(16)20/h3-8,12H,2,9-11H2,1H3,(H,21,22,26). The third-order valence-corrected chi connectivity index (χ3v) is 5.97. The van der Waals surface area contributed by atoms with Crippen molar-refractivity contribution in [2.75, 3.05) is 17.7 Å². The molecule has 154 valence electrons. The van der Waals surface area contributed by atoms with Crippen LogP contribution in [0.2, 0.25) is 0 Å². The first kappa shape index (κ1) is 20.3. The Bertz CT molecular complexity index is 1200. The number of carbonyl (C=O) groups excluding carboxylic acids is 2. The molecule has 1 aromatic carbocycles. The minimum atomic E-state index is -0.329. The van der Waals surface area contributed by atoms with E-state index in [9.17, 15) is 9.59 Å². The molecule has 1 N–H and O–H groups in total. The third kappa shape index (κ3) is 4.60. The number of fused-ring (bicyclic) bond motifs is 3. The number of hydrogen-bond donors (Lipinski definition) is 1. The second-order valence-corrected chi connectivity index (χ2v) is 8.26. The maximum Gasteiger partial charge on any atom is 0.311 e. The lowest BCUT2D eigenvalue weighted by Gasteiger charge is -2.04. The Kier molecular flexibility index (Phi) is 6.24. The highest BCUT2D eigenvalue weighted by Crippen LogP contribution is 2.24. The van der Waals surface area contributed by atoms with Gasteiger partial charge in [0.1, 0.15) is 0 Å². The number of rotatable bonds is 8. The highest BCUT2D eigenvalue weighted by Gasteiger charge is 2.12. The summed E-state index contributed by atoms with van der Waals surface area (Å²) in [7, 11) is 0. The molecule has 0 radical (unpaired) electrons. The number of nitrogens with one attached hydrogen (secondary N) is 1. The van der Waals surface area contributed by atoms with Gasteiger partial charge in [-0.25, -0.2) is 4.98 Å². The van der Waals surface area contributed by atoms with E-state index in [1.165, 1.54) is 23.1 Å². The van der Waals surface area contributed by atoms with E-state index in [-0.39, 0.29) is 18.3 Å². The van der Waals surface area contributed by atoms with Crippen molar-refractivity contribution in [1.82, 2.24) is 19.6 Å². The Morgan fingerprint density at radius 2 is 2.07 bits per heavy atom. The number of amides is 1. The predicted octanol–water partition coefficient (Wildman–Crippen LogP) is 3.57. The molecule has 30 heavy (non-hydrogen) atoms. The van der Waals surface area contributed by atoms with Gasteiger partial charge in [0, 0.05) is 17.6 Å². The zero-order valence-electron chi connectivity index (χ0n) is 16.2. The molecule has 0 spiro atoms. The van der Waals surface area contributed by atoms with Gasteiger partial charge in [-0.3, -0.25) is 14.0 Å². The zero-order valence-corrected chi connectivity index (χ0v) is 17.8. The number of aromatic nitrogens is 4. The van der Waals surface area contributed by atoms with Crippen molar-refractivity contribution in [3.63, 3.8) is 0 Å². The van der Waals surface area contributed by atoms with Crippen LogP contribution in [0.3, 0.4) is 0 Å². The molecule has 0 fully saturated rings. The van der Waals surface area contributed by atoms with Gasteiger partial charge in [0.25, 0.3) is 0 Å². The molecule has 4 rings (SSSR count). The minimum Gasteiger partial charge on any atom is -0.466 e. The minimum absolute atomic E-state index is 0.101. The molecule has 0 bridgehead atoms. The first-order valence-corrected chi connectivity index (χ1v) is 11.3. The highest BCUT2D eigenvalue weighted by molar-refractivity contribution is 7.99. The molecule has 1 amide bonds. The van der Waals surface area contributed by atoms with Crippen LogP contribution in [-0.2, 0) is 20.7 Å². The Hall–Kier alpha value is -2.98. The SMILES string of the molecule is CCOC(=O)Cc1csc(NC(=O)CCSc2nnc3ccc4ccccc4n23)n1. The van der Waals surface area contributed by atoms with Gasteiger partial charge in [0.15, 0.2) is 15.9 Å². The summed E-state index contributed by atoms with van der Waals surface area (Å²) in [5, 5.41) is 15.3. The van der Waals surface area contributed by atoms with Gasteiger partial charge in [0.05, 0.1) is 24.2 Å². The van der Waals surface area contributed by atoms with E-state index in [1.807, 2.05) is 40.8 Å². The van der Waals surface area contributed by atoms with Crippen molar-refractivity contribution >= 4 is 56.7 Å². The summed E-state index contributed by atoms with van der Waals surface area (Å²) >= 11 is 2.77. The fraction of sp³-hybridized carbons (Fsp3) is 0.250. The Labute approximate surface area is 180 Å². The molecule has 0 saturated carbocycles. The molecule has 3 aromatic heterocycles. The zero-order chi connectivity index (χ0) is 20.9. The van der Waals surface area contributed by atoms with Crippen molar-refractivity contribution in [3.05, 3.63) is 47.5 Å². The van der Waals surface area contributed by atoms with Gasteiger partial charge in [-0.1, -0.05) is 30.0 Å². The van der Waals surface area contributed by atoms with Gasteiger partial charge >= 0.3 is 5.97 Å². The summed E-state index contributed by atoms with van der Waals surface area (Å²) < 4.78 is 6.90. The summed E-state index contributed by atoms with van der Waals surface area (Å²) in [6.07, 6.45) is 0.404. The fourth-order valence-corrected chi connectivity index (χ4v) is 4.54. The average molecular weight is 442 g/mol. The first-order valence-electron chi connectivity index (χ1n) is 9.39. The molecule has 8 nitrogen and oxygen atoms in total. The van der Waals surface area contributed by atoms with E-state index in [2.05, 4.69) is 20.5 Å². The Morgan fingerprint density at radius 1 is 1.20 bits per heavy atom. The van der Waals surface area contributed by atoms with Crippen LogP contribution in [0.15, 0.2) is 46.9 Å². The lowest BCUT2D eigenvalue weighted by molar-refractivity contribution is -0.142. The molecule has 0 aliphatic carbocycles. The molecule has 10 heteroatoms. The van der Waals surface area contributed by atoms with Crippen molar-refractivity contribution < 1.29 is 14.3 Å².